The summed E-state index contributed by atoms with van der Waals surface area (Å²) in [6, 6.07) is 0. The van der Waals surface area contributed by atoms with Crippen molar-refractivity contribution in [2.24, 2.45) is 0 Å². The van der Waals surface area contributed by atoms with Gasteiger partial charge in [-0.3, -0.25) is 9.59 Å². The first-order valence-corrected chi connectivity index (χ1v) is 6.82. The van der Waals surface area contributed by atoms with E-state index < -0.39 is 11.9 Å². The van der Waals surface area contributed by atoms with E-state index in [2.05, 4.69) is 0 Å². The molecule has 84 valence electrons. The van der Waals surface area contributed by atoms with Crippen LogP contribution in [-0.2, 0) is 9.59 Å². The van der Waals surface area contributed by atoms with Crippen LogP contribution in [0.3, 0.4) is 0 Å². The molecule has 0 aromatic carbocycles. The van der Waals surface area contributed by atoms with E-state index in [1.165, 1.54) is 0 Å². The van der Waals surface area contributed by atoms with Gasteiger partial charge in [0.2, 0.25) is 0 Å². The van der Waals surface area contributed by atoms with Crippen LogP contribution in [0.5, 0.6) is 0 Å². The third-order valence-electron chi connectivity index (χ3n) is 2.03. The lowest BCUT2D eigenvalue weighted by atomic mass is 10.0. The third-order valence-corrected chi connectivity index (χ3v) is 4.63. The fraction of sp³-hybridized carbons (Fsp3) is 0.556. The van der Waals surface area contributed by atoms with Crippen molar-refractivity contribution in [3.8, 4) is 0 Å². The molecule has 0 saturated heterocycles. The number of hydrogen-bond donors (Lipinski definition) is 2. The van der Waals surface area contributed by atoms with Crippen LogP contribution in [0.2, 0.25) is 0 Å². The summed E-state index contributed by atoms with van der Waals surface area (Å²) in [7, 11) is 3.17. The van der Waals surface area contributed by atoms with Crippen molar-refractivity contribution >= 4 is 33.5 Å². The normalized spacial score (nSPS) is 20.0. The van der Waals surface area contributed by atoms with Gasteiger partial charge in [-0.2, -0.15) is 0 Å². The van der Waals surface area contributed by atoms with Crippen molar-refractivity contribution in [3.63, 3.8) is 0 Å². The molecule has 0 spiro atoms. The minimum absolute atomic E-state index is 0.122. The van der Waals surface area contributed by atoms with Gasteiger partial charge in [-0.25, -0.2) is 0 Å². The van der Waals surface area contributed by atoms with Gasteiger partial charge in [0.1, 0.15) is 0 Å². The maximum absolute atomic E-state index is 10.4. The van der Waals surface area contributed by atoms with E-state index in [0.29, 0.717) is 12.8 Å². The molecule has 0 aromatic rings. The van der Waals surface area contributed by atoms with E-state index in [-0.39, 0.29) is 18.1 Å². The van der Waals surface area contributed by atoms with Crippen LogP contribution >= 0.6 is 21.6 Å². The molecule has 1 aliphatic rings. The van der Waals surface area contributed by atoms with Crippen molar-refractivity contribution < 1.29 is 19.8 Å². The zero-order valence-electron chi connectivity index (χ0n) is 8.01. The Kier molecular flexibility index (Phi) is 5.04. The number of carboxylic acid groups (broad SMARTS) is 2. The first-order valence-electron chi connectivity index (χ1n) is 4.54. The Bertz CT molecular complexity index is 288. The zero-order valence-corrected chi connectivity index (χ0v) is 9.64. The second kappa shape index (κ2) is 6.07. The molecule has 6 heteroatoms. The molecule has 1 atom stereocenters. The Morgan fingerprint density at radius 1 is 1.27 bits per heavy atom. The second-order valence-electron chi connectivity index (χ2n) is 3.20. The van der Waals surface area contributed by atoms with Gasteiger partial charge in [-0.1, -0.05) is 21.6 Å². The molecular weight excluding hydrogens is 236 g/mol. The van der Waals surface area contributed by atoms with Crippen LogP contribution in [0.15, 0.2) is 11.0 Å². The van der Waals surface area contributed by atoms with Gasteiger partial charge in [0.25, 0.3) is 0 Å². The standard InChI is InChI=1S/C9H12O4S2/c10-8(11)3-1-6-5-14-15-7(6)2-4-9(12)13/h5,7H,1-4H2,(H,10,11)(H,12,13). The quantitative estimate of drug-likeness (QED) is 0.703. The van der Waals surface area contributed by atoms with Crippen LogP contribution < -0.4 is 0 Å². The average molecular weight is 248 g/mol. The number of hydrogen-bond acceptors (Lipinski definition) is 4. The molecule has 1 rings (SSSR count). The van der Waals surface area contributed by atoms with E-state index in [0.717, 1.165) is 5.57 Å². The predicted molar refractivity (Wildman–Crippen MR) is 60.8 cm³/mol. The van der Waals surface area contributed by atoms with E-state index in [9.17, 15) is 9.59 Å². The van der Waals surface area contributed by atoms with Crippen LogP contribution in [-0.4, -0.2) is 27.4 Å². The molecule has 0 aromatic heterocycles. The monoisotopic (exact) mass is 248 g/mol. The summed E-state index contributed by atoms with van der Waals surface area (Å²) in [5.41, 5.74) is 1.06. The zero-order chi connectivity index (χ0) is 11.3. The number of aliphatic carboxylic acids is 2. The number of carboxylic acids is 2. The van der Waals surface area contributed by atoms with Crippen LogP contribution in [0.4, 0.5) is 0 Å². The van der Waals surface area contributed by atoms with Gasteiger partial charge >= 0.3 is 11.9 Å². The van der Waals surface area contributed by atoms with E-state index in [1.54, 1.807) is 21.6 Å². The molecule has 0 radical (unpaired) electrons. The molecular formula is C9H12O4S2. The molecule has 0 aliphatic carbocycles. The van der Waals surface area contributed by atoms with E-state index in [4.69, 9.17) is 10.2 Å². The molecule has 0 saturated carbocycles. The predicted octanol–water partition coefficient (Wildman–Crippen LogP) is 2.36. The summed E-state index contributed by atoms with van der Waals surface area (Å²) in [4.78, 5) is 20.8. The van der Waals surface area contributed by atoms with Crippen molar-refractivity contribution in [2.45, 2.75) is 30.9 Å². The lowest BCUT2D eigenvalue weighted by Gasteiger charge is -2.10. The smallest absolute Gasteiger partial charge is 0.303 e. The molecule has 1 aliphatic heterocycles. The summed E-state index contributed by atoms with van der Waals surface area (Å²) in [5.74, 6) is -1.61. The highest BCUT2D eigenvalue weighted by Gasteiger charge is 2.21. The third kappa shape index (κ3) is 4.61. The highest BCUT2D eigenvalue weighted by molar-refractivity contribution is 8.78. The SMILES string of the molecule is O=C(O)CCC1=CSSC1CCC(=O)O. The number of rotatable bonds is 6. The number of carbonyl (C=O) groups is 2. The molecule has 1 unspecified atom stereocenters. The molecule has 1 heterocycles. The van der Waals surface area contributed by atoms with Gasteiger partial charge in [0.15, 0.2) is 0 Å². The maximum atomic E-state index is 10.4. The Hall–Kier alpha value is -0.620. The van der Waals surface area contributed by atoms with Gasteiger partial charge in [-0.15, -0.1) is 0 Å². The minimum atomic E-state index is -0.810. The summed E-state index contributed by atoms with van der Waals surface area (Å²) >= 11 is 0. The molecule has 4 nitrogen and oxygen atoms in total. The lowest BCUT2D eigenvalue weighted by molar-refractivity contribution is -0.138. The minimum Gasteiger partial charge on any atom is -0.481 e. The molecule has 0 fully saturated rings. The maximum Gasteiger partial charge on any atom is 0.303 e. The molecule has 15 heavy (non-hydrogen) atoms. The summed E-state index contributed by atoms with van der Waals surface area (Å²) < 4.78 is 0. The fourth-order valence-electron chi connectivity index (χ4n) is 1.25. The summed E-state index contributed by atoms with van der Waals surface area (Å²) in [6.45, 7) is 0. The molecule has 0 amide bonds. The van der Waals surface area contributed by atoms with Crippen molar-refractivity contribution in [1.29, 1.82) is 0 Å². The lowest BCUT2D eigenvalue weighted by Crippen LogP contribution is -2.08. The Morgan fingerprint density at radius 3 is 2.53 bits per heavy atom. The summed E-state index contributed by atoms with van der Waals surface area (Å²) in [6.07, 6.45) is 1.37. The average Bonchev–Trinajstić information content (AvgIpc) is 2.58. The summed E-state index contributed by atoms with van der Waals surface area (Å²) in [5, 5.41) is 19.2. The fourth-order valence-corrected chi connectivity index (χ4v) is 4.06. The second-order valence-corrected chi connectivity index (χ2v) is 5.54. The van der Waals surface area contributed by atoms with Crippen LogP contribution in [0.25, 0.3) is 0 Å². The first kappa shape index (κ1) is 12.4. The van der Waals surface area contributed by atoms with Gasteiger partial charge in [0.05, 0.1) is 0 Å². The van der Waals surface area contributed by atoms with E-state index in [1.807, 2.05) is 5.41 Å². The Morgan fingerprint density at radius 2 is 1.93 bits per heavy atom. The van der Waals surface area contributed by atoms with Gasteiger partial charge in [-0.05, 0) is 23.8 Å². The Balaban J connectivity index is 2.35. The van der Waals surface area contributed by atoms with Crippen molar-refractivity contribution in [1.82, 2.24) is 0 Å². The molecule has 0 bridgehead atoms. The Labute approximate surface area is 95.5 Å². The van der Waals surface area contributed by atoms with Gasteiger partial charge in [0, 0.05) is 18.1 Å². The topological polar surface area (TPSA) is 74.6 Å². The largest absolute Gasteiger partial charge is 0.481 e. The molecule has 2 N–H and O–H groups in total. The van der Waals surface area contributed by atoms with E-state index >= 15 is 0 Å². The first-order chi connectivity index (χ1) is 7.09. The highest BCUT2D eigenvalue weighted by atomic mass is 33.1. The van der Waals surface area contributed by atoms with Crippen molar-refractivity contribution in [2.75, 3.05) is 0 Å². The van der Waals surface area contributed by atoms with Crippen LogP contribution in [0.1, 0.15) is 25.7 Å². The van der Waals surface area contributed by atoms with Crippen LogP contribution in [0, 0.1) is 0 Å². The van der Waals surface area contributed by atoms with Crippen molar-refractivity contribution in [3.05, 3.63) is 11.0 Å². The van der Waals surface area contributed by atoms with Gasteiger partial charge < -0.3 is 10.2 Å². The highest BCUT2D eigenvalue weighted by Crippen LogP contribution is 2.44.